The van der Waals surface area contributed by atoms with Crippen molar-refractivity contribution in [2.45, 2.75) is 18.6 Å². The van der Waals surface area contributed by atoms with Gasteiger partial charge in [0.2, 0.25) is 5.91 Å². The van der Waals surface area contributed by atoms with Crippen LogP contribution in [0.3, 0.4) is 0 Å². The Morgan fingerprint density at radius 1 is 1.17 bits per heavy atom. The van der Waals surface area contributed by atoms with E-state index in [2.05, 4.69) is 20.1 Å². The fourth-order valence-electron chi connectivity index (χ4n) is 3.09. The second-order valence-corrected chi connectivity index (χ2v) is 6.78. The minimum Gasteiger partial charge on any atom is -0.395 e. The molecule has 0 fully saturated rings. The lowest BCUT2D eigenvalue weighted by atomic mass is 9.86. The van der Waals surface area contributed by atoms with Crippen molar-refractivity contribution in [1.29, 1.82) is 0 Å². The normalized spacial score (nSPS) is 19.4. The van der Waals surface area contributed by atoms with Crippen LogP contribution in [0.2, 0.25) is 5.02 Å². The number of benzene rings is 2. The zero-order valence-corrected chi connectivity index (χ0v) is 15.2. The molecule has 1 atom stereocenters. The van der Waals surface area contributed by atoms with Gasteiger partial charge in [0.1, 0.15) is 5.82 Å². The molecule has 29 heavy (non-hydrogen) atoms. The van der Waals surface area contributed by atoms with E-state index < -0.39 is 23.9 Å². The number of nitrogens with one attached hydrogen (secondary N) is 2. The minimum atomic E-state index is -3.82. The maximum Gasteiger partial charge on any atom is 0.586 e. The Morgan fingerprint density at radius 2 is 1.83 bits per heavy atom. The predicted molar refractivity (Wildman–Crippen MR) is 96.3 cm³/mol. The quantitative estimate of drug-likeness (QED) is 0.783. The summed E-state index contributed by atoms with van der Waals surface area (Å²) in [5, 5.41) is 4.94. The first-order valence-electron chi connectivity index (χ1n) is 8.37. The van der Waals surface area contributed by atoms with Gasteiger partial charge in [-0.25, -0.2) is 4.39 Å². The molecule has 2 aliphatic rings. The van der Waals surface area contributed by atoms with Crippen molar-refractivity contribution in [1.82, 2.24) is 5.32 Å². The predicted octanol–water partition coefficient (Wildman–Crippen LogP) is 3.93. The number of hydrogen-bond acceptors (Lipinski definition) is 4. The molecule has 0 spiro atoms. The summed E-state index contributed by atoms with van der Waals surface area (Å²) >= 11 is 6.05. The van der Waals surface area contributed by atoms with Crippen LogP contribution in [0.1, 0.15) is 17.9 Å². The average molecular weight is 425 g/mol. The molecule has 0 saturated carbocycles. The van der Waals surface area contributed by atoms with Gasteiger partial charge in [-0.15, -0.1) is 8.78 Å². The van der Waals surface area contributed by atoms with Crippen LogP contribution < -0.4 is 20.1 Å². The summed E-state index contributed by atoms with van der Waals surface area (Å²) in [6.07, 6.45) is -2.59. The summed E-state index contributed by atoms with van der Waals surface area (Å²) in [6.45, 7) is 0. The van der Waals surface area contributed by atoms with Gasteiger partial charge in [-0.3, -0.25) is 9.59 Å². The highest BCUT2D eigenvalue weighted by molar-refractivity contribution is 6.34. The van der Waals surface area contributed by atoms with Gasteiger partial charge in [-0.1, -0.05) is 23.7 Å². The molecule has 2 aromatic carbocycles. The van der Waals surface area contributed by atoms with Crippen LogP contribution in [0.5, 0.6) is 11.5 Å². The molecule has 4 rings (SSSR count). The van der Waals surface area contributed by atoms with Crippen LogP contribution in [0.25, 0.3) is 0 Å². The van der Waals surface area contributed by atoms with Gasteiger partial charge in [0, 0.05) is 36.2 Å². The lowest BCUT2D eigenvalue weighted by Crippen LogP contribution is -2.32. The molecule has 0 aromatic heterocycles. The molecule has 150 valence electrons. The monoisotopic (exact) mass is 424 g/mol. The molecule has 0 aliphatic carbocycles. The zero-order valence-electron chi connectivity index (χ0n) is 14.5. The molecule has 10 heteroatoms. The van der Waals surface area contributed by atoms with Gasteiger partial charge in [-0.05, 0) is 17.7 Å². The van der Waals surface area contributed by atoms with Gasteiger partial charge in [0.25, 0.3) is 5.91 Å². The minimum absolute atomic E-state index is 0.0207. The topological polar surface area (TPSA) is 76.7 Å². The molecule has 0 radical (unpaired) electrons. The molecule has 2 heterocycles. The number of rotatable bonds is 3. The van der Waals surface area contributed by atoms with Crippen LogP contribution in [0, 0.1) is 5.82 Å². The maximum absolute atomic E-state index is 13.2. The van der Waals surface area contributed by atoms with Gasteiger partial charge in [0.15, 0.2) is 11.5 Å². The number of fused-ring (bicyclic) bond motifs is 1. The van der Waals surface area contributed by atoms with E-state index >= 15 is 0 Å². The molecular weight excluding hydrogens is 413 g/mol. The molecule has 2 amide bonds. The van der Waals surface area contributed by atoms with Gasteiger partial charge in [-0.2, -0.15) is 0 Å². The summed E-state index contributed by atoms with van der Waals surface area (Å²) in [5.41, 5.74) is 0.779. The second-order valence-electron chi connectivity index (χ2n) is 6.38. The van der Waals surface area contributed by atoms with E-state index in [9.17, 15) is 22.8 Å². The van der Waals surface area contributed by atoms with Crippen molar-refractivity contribution in [2.75, 3.05) is 5.32 Å². The first kappa shape index (κ1) is 19.1. The van der Waals surface area contributed by atoms with Crippen molar-refractivity contribution in [2.24, 2.45) is 0 Å². The number of ether oxygens (including phenoxy) is 2. The average Bonchev–Trinajstić information content (AvgIpc) is 2.95. The molecule has 0 saturated heterocycles. The van der Waals surface area contributed by atoms with E-state index in [0.29, 0.717) is 5.56 Å². The molecule has 2 aromatic rings. The molecule has 2 N–H and O–H groups in total. The Bertz CT molecular complexity index is 1040. The SMILES string of the molecule is O=C1CC(c2ccc(F)cc2)C(C(=O)Nc2cc3c(cc2Cl)OC(F)(F)O3)=CN1. The number of hydrogen-bond donors (Lipinski definition) is 2. The van der Waals surface area contributed by atoms with Crippen LogP contribution in [0.15, 0.2) is 48.2 Å². The maximum atomic E-state index is 13.2. The molecular formula is C19H12ClF3N2O4. The van der Waals surface area contributed by atoms with Gasteiger partial charge in [0.05, 0.1) is 10.7 Å². The first-order valence-corrected chi connectivity index (χ1v) is 8.75. The van der Waals surface area contributed by atoms with Gasteiger partial charge < -0.3 is 20.1 Å². The number of carbonyl (C=O) groups is 2. The Balaban J connectivity index is 1.60. The van der Waals surface area contributed by atoms with E-state index in [1.807, 2.05) is 0 Å². The lowest BCUT2D eigenvalue weighted by Gasteiger charge is -2.24. The number of halogens is 4. The summed E-state index contributed by atoms with van der Waals surface area (Å²) < 4.78 is 48.3. The Morgan fingerprint density at radius 3 is 2.52 bits per heavy atom. The van der Waals surface area contributed by atoms with Crippen molar-refractivity contribution in [3.63, 3.8) is 0 Å². The third kappa shape index (κ3) is 3.86. The Hall–Kier alpha value is -3.20. The van der Waals surface area contributed by atoms with Crippen LogP contribution in [-0.4, -0.2) is 18.1 Å². The number of carbonyl (C=O) groups excluding carboxylic acids is 2. The second kappa shape index (κ2) is 7.00. The molecule has 6 nitrogen and oxygen atoms in total. The lowest BCUT2D eigenvalue weighted by molar-refractivity contribution is -0.286. The largest absolute Gasteiger partial charge is 0.586 e. The molecule has 1 unspecified atom stereocenters. The Labute approximate surface area is 167 Å². The standard InChI is InChI=1S/C19H12ClF3N2O4/c20-13-6-15-16(29-19(22,23)28-15)7-14(13)25-18(27)12-8-24-17(26)5-11(12)9-1-3-10(21)4-2-9/h1-4,6-8,11H,5H2,(H,24,26)(H,25,27). The number of anilines is 1. The van der Waals surface area contributed by atoms with Crippen molar-refractivity contribution < 1.29 is 32.2 Å². The van der Waals surface area contributed by atoms with E-state index in [-0.39, 0.29) is 40.1 Å². The number of alkyl halides is 2. The van der Waals surface area contributed by atoms with E-state index in [1.54, 1.807) is 0 Å². The summed E-state index contributed by atoms with van der Waals surface area (Å²) in [6, 6.07) is 7.64. The summed E-state index contributed by atoms with van der Waals surface area (Å²) in [4.78, 5) is 24.6. The highest BCUT2D eigenvalue weighted by Gasteiger charge is 2.44. The van der Waals surface area contributed by atoms with Crippen molar-refractivity contribution >= 4 is 29.1 Å². The molecule has 2 aliphatic heterocycles. The smallest absolute Gasteiger partial charge is 0.395 e. The van der Waals surface area contributed by atoms with Crippen LogP contribution in [0.4, 0.5) is 18.9 Å². The van der Waals surface area contributed by atoms with E-state index in [0.717, 1.165) is 12.1 Å². The van der Waals surface area contributed by atoms with Crippen LogP contribution in [-0.2, 0) is 9.59 Å². The summed E-state index contributed by atoms with van der Waals surface area (Å²) in [7, 11) is 0. The van der Waals surface area contributed by atoms with Crippen molar-refractivity contribution in [3.05, 3.63) is 64.6 Å². The van der Waals surface area contributed by atoms with Gasteiger partial charge >= 0.3 is 6.29 Å². The third-order valence-electron chi connectivity index (χ3n) is 4.43. The Kier molecular flexibility index (Phi) is 4.62. The van der Waals surface area contributed by atoms with E-state index in [4.69, 9.17) is 11.6 Å². The number of amides is 2. The molecule has 0 bridgehead atoms. The third-order valence-corrected chi connectivity index (χ3v) is 4.74. The zero-order chi connectivity index (χ0) is 20.8. The highest BCUT2D eigenvalue weighted by atomic mass is 35.5. The summed E-state index contributed by atoms with van der Waals surface area (Å²) in [5.74, 6) is -2.54. The van der Waals surface area contributed by atoms with E-state index in [1.165, 1.54) is 30.5 Å². The van der Waals surface area contributed by atoms with Crippen molar-refractivity contribution in [3.8, 4) is 11.5 Å². The fourth-order valence-corrected chi connectivity index (χ4v) is 3.29. The highest BCUT2D eigenvalue weighted by Crippen LogP contribution is 2.45. The first-order chi connectivity index (χ1) is 13.7. The van der Waals surface area contributed by atoms with Crippen LogP contribution >= 0.6 is 11.6 Å². The fraction of sp³-hybridized carbons (Fsp3) is 0.158.